The van der Waals surface area contributed by atoms with Crippen molar-refractivity contribution in [3.8, 4) is 0 Å². The van der Waals surface area contributed by atoms with Crippen molar-refractivity contribution in [1.29, 1.82) is 0 Å². The summed E-state index contributed by atoms with van der Waals surface area (Å²) in [6.45, 7) is 5.48. The Labute approximate surface area is 201 Å². The predicted octanol–water partition coefficient (Wildman–Crippen LogP) is 4.60. The number of hydrogen-bond donors (Lipinski definition) is 1. The van der Waals surface area contributed by atoms with Crippen LogP contribution in [0, 0.1) is 13.8 Å². The first-order chi connectivity index (χ1) is 15.8. The van der Waals surface area contributed by atoms with Gasteiger partial charge in [0.25, 0.3) is 5.56 Å². The summed E-state index contributed by atoms with van der Waals surface area (Å²) in [6.07, 6.45) is 4.57. The highest BCUT2D eigenvalue weighted by molar-refractivity contribution is 7.99. The van der Waals surface area contributed by atoms with Crippen LogP contribution in [-0.2, 0) is 16.0 Å². The molecular formula is C25H29N3O3S2. The van der Waals surface area contributed by atoms with E-state index in [2.05, 4.69) is 5.32 Å². The second-order valence-corrected chi connectivity index (χ2v) is 10.8. The van der Waals surface area contributed by atoms with E-state index >= 15 is 0 Å². The van der Waals surface area contributed by atoms with Crippen LogP contribution in [0.25, 0.3) is 10.2 Å². The number of carbonyl (C=O) groups is 2. The maximum atomic E-state index is 13.5. The number of rotatable bonds is 8. The van der Waals surface area contributed by atoms with Gasteiger partial charge in [0.15, 0.2) is 10.9 Å². The standard InChI is InChI=1S/C25H29N3O3S2/c1-15-17(3)33-23-22(15)24(31)28(19-11-7-8-12-19)25(27-23)32-14-21(30)26-20(16(2)29)13-18-9-5-4-6-10-18/h4-6,9-10,19-20H,7-8,11-14H2,1-3H3,(H,26,30). The van der Waals surface area contributed by atoms with Crippen molar-refractivity contribution < 1.29 is 9.59 Å². The normalized spacial score (nSPS) is 15.1. The van der Waals surface area contributed by atoms with E-state index in [0.717, 1.165) is 46.5 Å². The second-order valence-electron chi connectivity index (χ2n) is 8.68. The van der Waals surface area contributed by atoms with Gasteiger partial charge in [0, 0.05) is 10.9 Å². The highest BCUT2D eigenvalue weighted by atomic mass is 32.2. The van der Waals surface area contributed by atoms with Crippen LogP contribution < -0.4 is 10.9 Å². The van der Waals surface area contributed by atoms with Gasteiger partial charge in [-0.05, 0) is 51.2 Å². The molecule has 1 fully saturated rings. The zero-order chi connectivity index (χ0) is 23.5. The maximum Gasteiger partial charge on any atom is 0.263 e. The number of thiophene rings is 1. The Morgan fingerprint density at radius 3 is 2.58 bits per heavy atom. The molecule has 0 radical (unpaired) electrons. The van der Waals surface area contributed by atoms with Gasteiger partial charge in [-0.1, -0.05) is 54.9 Å². The number of ketones is 1. The summed E-state index contributed by atoms with van der Waals surface area (Å²) in [7, 11) is 0. The number of fused-ring (bicyclic) bond motifs is 1. The lowest BCUT2D eigenvalue weighted by Crippen LogP contribution is -2.42. The molecule has 1 aromatic carbocycles. The van der Waals surface area contributed by atoms with Crippen LogP contribution in [0.3, 0.4) is 0 Å². The van der Waals surface area contributed by atoms with Crippen LogP contribution >= 0.6 is 23.1 Å². The third-order valence-corrected chi connectivity index (χ3v) is 8.39. The summed E-state index contributed by atoms with van der Waals surface area (Å²) in [5.41, 5.74) is 2.00. The molecule has 1 amide bonds. The summed E-state index contributed by atoms with van der Waals surface area (Å²) in [4.78, 5) is 45.0. The summed E-state index contributed by atoms with van der Waals surface area (Å²) < 4.78 is 1.82. The average molecular weight is 484 g/mol. The fraction of sp³-hybridized carbons (Fsp3) is 0.440. The molecule has 174 valence electrons. The molecule has 1 aliphatic rings. The lowest BCUT2D eigenvalue weighted by molar-refractivity contribution is -0.125. The highest BCUT2D eigenvalue weighted by Gasteiger charge is 2.26. The molecule has 4 rings (SSSR count). The number of nitrogens with zero attached hydrogens (tertiary/aromatic N) is 2. The van der Waals surface area contributed by atoms with Gasteiger partial charge in [0.05, 0.1) is 17.2 Å². The quantitative estimate of drug-likeness (QED) is 0.374. The molecule has 1 unspecified atom stereocenters. The highest BCUT2D eigenvalue weighted by Crippen LogP contribution is 2.34. The molecule has 8 heteroatoms. The summed E-state index contributed by atoms with van der Waals surface area (Å²) in [5.74, 6) is -0.210. The van der Waals surface area contributed by atoms with Crippen LogP contribution in [0.2, 0.25) is 0 Å². The summed E-state index contributed by atoms with van der Waals surface area (Å²) in [5, 5.41) is 4.17. The molecule has 33 heavy (non-hydrogen) atoms. The molecule has 1 atom stereocenters. The third-order valence-electron chi connectivity index (χ3n) is 6.33. The first-order valence-corrected chi connectivity index (χ1v) is 13.1. The molecule has 1 saturated carbocycles. The molecule has 2 aromatic heterocycles. The van der Waals surface area contributed by atoms with Crippen LogP contribution in [-0.4, -0.2) is 33.0 Å². The Balaban J connectivity index is 1.54. The summed E-state index contributed by atoms with van der Waals surface area (Å²) in [6, 6.07) is 9.21. The Kier molecular flexibility index (Phi) is 7.34. The van der Waals surface area contributed by atoms with Crippen molar-refractivity contribution in [3.63, 3.8) is 0 Å². The minimum Gasteiger partial charge on any atom is -0.345 e. The van der Waals surface area contributed by atoms with Gasteiger partial charge < -0.3 is 5.32 Å². The Bertz CT molecular complexity index is 1230. The molecular weight excluding hydrogens is 454 g/mol. The first kappa shape index (κ1) is 23.7. The van der Waals surface area contributed by atoms with E-state index < -0.39 is 6.04 Å². The molecule has 0 aliphatic heterocycles. The molecule has 1 N–H and O–H groups in total. The number of hydrogen-bond acceptors (Lipinski definition) is 6. The van der Waals surface area contributed by atoms with Crippen molar-refractivity contribution in [2.24, 2.45) is 0 Å². The fourth-order valence-corrected chi connectivity index (χ4v) is 6.33. The number of thioether (sulfide) groups is 1. The molecule has 0 bridgehead atoms. The minimum atomic E-state index is -0.574. The van der Waals surface area contributed by atoms with E-state index in [1.54, 1.807) is 0 Å². The molecule has 2 heterocycles. The number of amides is 1. The number of benzene rings is 1. The van der Waals surface area contributed by atoms with Gasteiger partial charge in [0.2, 0.25) is 5.91 Å². The molecule has 0 spiro atoms. The number of Topliss-reactive ketones (excluding diaryl/α,β-unsaturated/α-hetero) is 1. The van der Waals surface area contributed by atoms with Gasteiger partial charge in [-0.2, -0.15) is 0 Å². The van der Waals surface area contributed by atoms with Gasteiger partial charge in [-0.3, -0.25) is 19.0 Å². The molecule has 0 saturated heterocycles. The van der Waals surface area contributed by atoms with E-state index in [1.165, 1.54) is 30.0 Å². The van der Waals surface area contributed by atoms with Gasteiger partial charge >= 0.3 is 0 Å². The fourth-order valence-electron chi connectivity index (χ4n) is 4.39. The van der Waals surface area contributed by atoms with Crippen LogP contribution in [0.15, 0.2) is 40.3 Å². The third kappa shape index (κ3) is 5.22. The van der Waals surface area contributed by atoms with E-state index in [4.69, 9.17) is 4.98 Å². The maximum absolute atomic E-state index is 13.5. The number of aryl methyl sites for hydroxylation is 2. The topological polar surface area (TPSA) is 81.1 Å². The lowest BCUT2D eigenvalue weighted by Gasteiger charge is -2.19. The minimum absolute atomic E-state index is 0.00217. The average Bonchev–Trinajstić information content (AvgIpc) is 3.41. The Morgan fingerprint density at radius 1 is 1.21 bits per heavy atom. The van der Waals surface area contributed by atoms with Crippen molar-refractivity contribution in [2.45, 2.75) is 70.1 Å². The predicted molar refractivity (Wildman–Crippen MR) is 134 cm³/mol. The smallest absolute Gasteiger partial charge is 0.263 e. The van der Waals surface area contributed by atoms with E-state index in [1.807, 2.05) is 48.7 Å². The van der Waals surface area contributed by atoms with Gasteiger partial charge in [-0.25, -0.2) is 4.98 Å². The Hall–Kier alpha value is -2.45. The number of aromatic nitrogens is 2. The van der Waals surface area contributed by atoms with Crippen LogP contribution in [0.4, 0.5) is 0 Å². The van der Waals surface area contributed by atoms with Gasteiger partial charge in [0.1, 0.15) is 4.83 Å². The monoisotopic (exact) mass is 483 g/mol. The van der Waals surface area contributed by atoms with E-state index in [-0.39, 0.29) is 29.0 Å². The van der Waals surface area contributed by atoms with E-state index in [9.17, 15) is 14.4 Å². The molecule has 1 aliphatic carbocycles. The largest absolute Gasteiger partial charge is 0.345 e. The van der Waals surface area contributed by atoms with Crippen molar-refractivity contribution in [1.82, 2.24) is 14.9 Å². The van der Waals surface area contributed by atoms with Crippen molar-refractivity contribution >= 4 is 45.0 Å². The summed E-state index contributed by atoms with van der Waals surface area (Å²) >= 11 is 2.81. The van der Waals surface area contributed by atoms with Gasteiger partial charge in [-0.15, -0.1) is 11.3 Å². The zero-order valence-corrected chi connectivity index (χ0v) is 20.9. The zero-order valence-electron chi connectivity index (χ0n) is 19.2. The molecule has 3 aromatic rings. The van der Waals surface area contributed by atoms with Crippen LogP contribution in [0.5, 0.6) is 0 Å². The van der Waals surface area contributed by atoms with E-state index in [0.29, 0.717) is 17.0 Å². The van der Waals surface area contributed by atoms with Crippen molar-refractivity contribution in [3.05, 3.63) is 56.7 Å². The van der Waals surface area contributed by atoms with Crippen LogP contribution in [0.1, 0.15) is 54.7 Å². The van der Waals surface area contributed by atoms with Crippen molar-refractivity contribution in [2.75, 3.05) is 5.75 Å². The molecule has 6 nitrogen and oxygen atoms in total. The Morgan fingerprint density at radius 2 is 1.91 bits per heavy atom. The second kappa shape index (κ2) is 10.2. The first-order valence-electron chi connectivity index (χ1n) is 11.3. The lowest BCUT2D eigenvalue weighted by atomic mass is 10.0. The number of nitrogens with one attached hydrogen (secondary N) is 1. The SMILES string of the molecule is CC(=O)C(Cc1ccccc1)NC(=O)CSc1nc2sc(C)c(C)c2c(=O)n1C1CCCC1. The number of carbonyl (C=O) groups excluding carboxylic acids is 2.